The van der Waals surface area contributed by atoms with Gasteiger partial charge in [-0.05, 0) is 38.7 Å². The highest BCUT2D eigenvalue weighted by atomic mass is 16.2. The number of hydrogen-bond acceptors (Lipinski definition) is 4. The Kier molecular flexibility index (Phi) is 4.78. The van der Waals surface area contributed by atoms with Gasteiger partial charge in [-0.15, -0.1) is 5.10 Å². The zero-order valence-corrected chi connectivity index (χ0v) is 14.2. The van der Waals surface area contributed by atoms with E-state index >= 15 is 0 Å². The van der Waals surface area contributed by atoms with E-state index in [0.29, 0.717) is 23.8 Å². The molecule has 1 N–H and O–H groups in total. The Morgan fingerprint density at radius 3 is 2.79 bits per heavy atom. The second kappa shape index (κ2) is 6.98. The maximum absolute atomic E-state index is 12.5. The lowest BCUT2D eigenvalue weighted by Crippen LogP contribution is -2.20. The summed E-state index contributed by atoms with van der Waals surface area (Å²) in [5.74, 6) is 0.334. The van der Waals surface area contributed by atoms with Crippen molar-refractivity contribution in [3.8, 4) is 0 Å². The summed E-state index contributed by atoms with van der Waals surface area (Å²) in [6.45, 7) is 5.13. The van der Waals surface area contributed by atoms with Gasteiger partial charge in [0.2, 0.25) is 0 Å². The summed E-state index contributed by atoms with van der Waals surface area (Å²) in [5.41, 5.74) is 1.60. The second-order valence-corrected chi connectivity index (χ2v) is 6.35. The largest absolute Gasteiger partial charge is 0.319 e. The maximum atomic E-state index is 12.5. The van der Waals surface area contributed by atoms with Crippen LogP contribution in [0.25, 0.3) is 0 Å². The lowest BCUT2D eigenvalue weighted by atomic mass is 10.1. The normalized spacial score (nSPS) is 14.9. The van der Waals surface area contributed by atoms with E-state index in [1.54, 1.807) is 16.8 Å². The first-order chi connectivity index (χ1) is 11.6. The molecular formula is C17H23N5O2. The zero-order valence-electron chi connectivity index (χ0n) is 14.2. The standard InChI is InChI=1S/C17H23N5O2/c1-3-21-11-14(8-9-15(21)23)18-17(24)16-12(2)22(20-19-16)10-13-6-4-5-7-13/h8-9,11,13H,3-7,10H2,1-2H3,(H,18,24). The summed E-state index contributed by atoms with van der Waals surface area (Å²) in [4.78, 5) is 24.1. The van der Waals surface area contributed by atoms with Crippen LogP contribution in [0.2, 0.25) is 0 Å². The van der Waals surface area contributed by atoms with Gasteiger partial charge in [0.1, 0.15) is 0 Å². The zero-order chi connectivity index (χ0) is 17.1. The van der Waals surface area contributed by atoms with Crippen molar-refractivity contribution in [2.45, 2.75) is 52.6 Å². The van der Waals surface area contributed by atoms with Crippen molar-refractivity contribution >= 4 is 11.6 Å². The predicted molar refractivity (Wildman–Crippen MR) is 91.0 cm³/mol. The van der Waals surface area contributed by atoms with Gasteiger partial charge in [-0.2, -0.15) is 0 Å². The number of carbonyl (C=O) groups excluding carboxylic acids is 1. The van der Waals surface area contributed by atoms with Crippen LogP contribution in [0, 0.1) is 12.8 Å². The van der Waals surface area contributed by atoms with E-state index in [-0.39, 0.29) is 11.5 Å². The van der Waals surface area contributed by atoms with Crippen LogP contribution in [0.5, 0.6) is 0 Å². The van der Waals surface area contributed by atoms with Crippen molar-refractivity contribution in [1.82, 2.24) is 19.6 Å². The van der Waals surface area contributed by atoms with Crippen LogP contribution >= 0.6 is 0 Å². The molecule has 2 aromatic rings. The molecule has 0 unspecified atom stereocenters. The maximum Gasteiger partial charge on any atom is 0.278 e. The van der Waals surface area contributed by atoms with Crippen LogP contribution in [-0.4, -0.2) is 25.5 Å². The molecule has 0 aliphatic heterocycles. The molecule has 1 saturated carbocycles. The number of aromatic nitrogens is 4. The Morgan fingerprint density at radius 1 is 1.33 bits per heavy atom. The monoisotopic (exact) mass is 329 g/mol. The highest BCUT2D eigenvalue weighted by Crippen LogP contribution is 2.26. The topological polar surface area (TPSA) is 81.8 Å². The molecule has 128 valence electrons. The summed E-state index contributed by atoms with van der Waals surface area (Å²) >= 11 is 0. The quantitative estimate of drug-likeness (QED) is 0.912. The van der Waals surface area contributed by atoms with Gasteiger partial charge in [-0.1, -0.05) is 18.1 Å². The molecule has 0 aromatic carbocycles. The van der Waals surface area contributed by atoms with Crippen LogP contribution in [0.4, 0.5) is 5.69 Å². The summed E-state index contributed by atoms with van der Waals surface area (Å²) in [5, 5.41) is 11.0. The average Bonchev–Trinajstić information content (AvgIpc) is 3.20. The summed E-state index contributed by atoms with van der Waals surface area (Å²) in [6, 6.07) is 3.05. The lowest BCUT2D eigenvalue weighted by Gasteiger charge is -2.10. The molecule has 2 aromatic heterocycles. The Balaban J connectivity index is 1.73. The number of pyridine rings is 1. The number of nitrogens with one attached hydrogen (secondary N) is 1. The van der Waals surface area contributed by atoms with E-state index in [2.05, 4.69) is 15.6 Å². The third-order valence-corrected chi connectivity index (χ3v) is 4.69. The minimum Gasteiger partial charge on any atom is -0.319 e. The Labute approximate surface area is 140 Å². The van der Waals surface area contributed by atoms with Gasteiger partial charge in [0, 0.05) is 25.4 Å². The first-order valence-electron chi connectivity index (χ1n) is 8.50. The highest BCUT2D eigenvalue weighted by Gasteiger charge is 2.21. The minimum atomic E-state index is -0.300. The van der Waals surface area contributed by atoms with Gasteiger partial charge >= 0.3 is 0 Å². The molecule has 0 atom stereocenters. The molecular weight excluding hydrogens is 306 g/mol. The smallest absolute Gasteiger partial charge is 0.278 e. The van der Waals surface area contributed by atoms with Crippen molar-refractivity contribution in [3.63, 3.8) is 0 Å². The van der Waals surface area contributed by atoms with Crippen molar-refractivity contribution in [2.24, 2.45) is 5.92 Å². The molecule has 3 rings (SSSR count). The summed E-state index contributed by atoms with van der Waals surface area (Å²) in [7, 11) is 0. The third-order valence-electron chi connectivity index (χ3n) is 4.69. The Bertz CT molecular complexity index is 787. The van der Waals surface area contributed by atoms with Crippen LogP contribution in [0.15, 0.2) is 23.1 Å². The van der Waals surface area contributed by atoms with Crippen LogP contribution in [0.1, 0.15) is 48.8 Å². The van der Waals surface area contributed by atoms with Crippen molar-refractivity contribution in [1.29, 1.82) is 0 Å². The van der Waals surface area contributed by atoms with Gasteiger partial charge in [-0.25, -0.2) is 4.68 Å². The van der Waals surface area contributed by atoms with Crippen molar-refractivity contribution < 1.29 is 4.79 Å². The summed E-state index contributed by atoms with van der Waals surface area (Å²) < 4.78 is 3.37. The fourth-order valence-electron chi connectivity index (χ4n) is 3.22. The molecule has 0 bridgehead atoms. The van der Waals surface area contributed by atoms with Gasteiger partial charge in [-0.3, -0.25) is 9.59 Å². The number of rotatable bonds is 5. The molecule has 0 radical (unpaired) electrons. The molecule has 7 heteroatoms. The van der Waals surface area contributed by atoms with E-state index in [0.717, 1.165) is 12.2 Å². The molecule has 24 heavy (non-hydrogen) atoms. The molecule has 1 amide bonds. The van der Waals surface area contributed by atoms with Gasteiger partial charge in [0.15, 0.2) is 5.69 Å². The minimum absolute atomic E-state index is 0.0887. The Morgan fingerprint density at radius 2 is 2.08 bits per heavy atom. The van der Waals surface area contributed by atoms with Gasteiger partial charge < -0.3 is 9.88 Å². The molecule has 0 saturated heterocycles. The van der Waals surface area contributed by atoms with Crippen molar-refractivity contribution in [2.75, 3.05) is 5.32 Å². The number of hydrogen-bond donors (Lipinski definition) is 1. The van der Waals surface area contributed by atoms with Crippen LogP contribution < -0.4 is 10.9 Å². The number of aryl methyl sites for hydroxylation is 1. The Hall–Kier alpha value is -2.44. The third kappa shape index (κ3) is 3.39. The van der Waals surface area contributed by atoms with Gasteiger partial charge in [0.05, 0.1) is 11.4 Å². The first-order valence-corrected chi connectivity index (χ1v) is 8.50. The van der Waals surface area contributed by atoms with E-state index in [9.17, 15) is 9.59 Å². The SMILES string of the molecule is CCn1cc(NC(=O)c2nnn(CC3CCCC3)c2C)ccc1=O. The number of carbonyl (C=O) groups is 1. The highest BCUT2D eigenvalue weighted by molar-refractivity contribution is 6.03. The van der Waals surface area contributed by atoms with E-state index in [4.69, 9.17) is 0 Å². The van der Waals surface area contributed by atoms with Crippen LogP contribution in [0.3, 0.4) is 0 Å². The molecule has 1 aliphatic carbocycles. The molecule has 7 nitrogen and oxygen atoms in total. The fraction of sp³-hybridized carbons (Fsp3) is 0.529. The summed E-state index contributed by atoms with van der Waals surface area (Å²) in [6.07, 6.45) is 6.63. The molecule has 0 spiro atoms. The molecule has 1 fully saturated rings. The number of nitrogens with zero attached hydrogens (tertiary/aromatic N) is 4. The van der Waals surface area contributed by atoms with Gasteiger partial charge in [0.25, 0.3) is 11.5 Å². The predicted octanol–water partition coefficient (Wildman–Crippen LogP) is 2.21. The van der Waals surface area contributed by atoms with E-state index < -0.39 is 0 Å². The van der Waals surface area contributed by atoms with Crippen LogP contribution in [-0.2, 0) is 13.1 Å². The van der Waals surface area contributed by atoms with Crippen molar-refractivity contribution in [3.05, 3.63) is 40.1 Å². The number of amides is 1. The average molecular weight is 329 g/mol. The van der Waals surface area contributed by atoms with E-state index in [1.165, 1.54) is 31.7 Å². The number of anilines is 1. The fourth-order valence-corrected chi connectivity index (χ4v) is 3.22. The molecule has 2 heterocycles. The lowest BCUT2D eigenvalue weighted by molar-refractivity contribution is 0.102. The molecule has 1 aliphatic rings. The first kappa shape index (κ1) is 16.4. The second-order valence-electron chi connectivity index (χ2n) is 6.35. The van der Waals surface area contributed by atoms with E-state index in [1.807, 2.05) is 18.5 Å².